The van der Waals surface area contributed by atoms with E-state index in [0.717, 1.165) is 13.0 Å². The first kappa shape index (κ1) is 15.4. The molecular weight excluding hydrogens is 202 g/mol. The minimum Gasteiger partial charge on any atom is -0.469 e. The highest BCUT2D eigenvalue weighted by atomic mass is 16.5. The molecular formula is C13H27NO2. The van der Waals surface area contributed by atoms with Crippen LogP contribution in [0.4, 0.5) is 0 Å². The Morgan fingerprint density at radius 3 is 2.31 bits per heavy atom. The van der Waals surface area contributed by atoms with Crippen molar-refractivity contribution < 1.29 is 9.53 Å². The van der Waals surface area contributed by atoms with Crippen LogP contribution in [0, 0.1) is 17.3 Å². The SMILES string of the molecule is CCC(C)(C)CNCC(C(=O)OC)C(C)C. The molecule has 0 heterocycles. The molecule has 1 atom stereocenters. The molecule has 3 heteroatoms. The average Bonchev–Trinajstić information content (AvgIpc) is 2.23. The van der Waals surface area contributed by atoms with E-state index in [1.54, 1.807) is 0 Å². The Hall–Kier alpha value is -0.570. The Kier molecular flexibility index (Phi) is 6.65. The predicted molar refractivity (Wildman–Crippen MR) is 67.3 cm³/mol. The molecule has 0 aromatic rings. The van der Waals surface area contributed by atoms with Gasteiger partial charge in [-0.05, 0) is 17.8 Å². The van der Waals surface area contributed by atoms with Crippen LogP contribution in [-0.2, 0) is 9.53 Å². The van der Waals surface area contributed by atoms with Crippen LogP contribution in [0.15, 0.2) is 0 Å². The lowest BCUT2D eigenvalue weighted by atomic mass is 9.89. The zero-order chi connectivity index (χ0) is 12.8. The standard InChI is InChI=1S/C13H27NO2/c1-7-13(4,5)9-14-8-11(10(2)3)12(15)16-6/h10-11,14H,7-9H2,1-6H3. The minimum absolute atomic E-state index is 0.0438. The summed E-state index contributed by atoms with van der Waals surface area (Å²) in [5.41, 5.74) is 0.289. The molecule has 1 unspecified atom stereocenters. The van der Waals surface area contributed by atoms with E-state index in [4.69, 9.17) is 4.74 Å². The Morgan fingerprint density at radius 2 is 1.94 bits per heavy atom. The van der Waals surface area contributed by atoms with Crippen molar-refractivity contribution in [1.29, 1.82) is 0 Å². The molecule has 0 aliphatic carbocycles. The second kappa shape index (κ2) is 6.89. The zero-order valence-corrected chi connectivity index (χ0v) is 11.6. The molecule has 1 N–H and O–H groups in total. The zero-order valence-electron chi connectivity index (χ0n) is 11.6. The Morgan fingerprint density at radius 1 is 1.38 bits per heavy atom. The number of nitrogens with one attached hydrogen (secondary N) is 1. The topological polar surface area (TPSA) is 38.3 Å². The van der Waals surface area contributed by atoms with Gasteiger partial charge in [0.25, 0.3) is 0 Å². The van der Waals surface area contributed by atoms with Crippen LogP contribution in [0.2, 0.25) is 0 Å². The molecule has 0 bridgehead atoms. The Balaban J connectivity index is 4.09. The molecule has 0 saturated heterocycles. The summed E-state index contributed by atoms with van der Waals surface area (Å²) in [6.45, 7) is 12.4. The Bertz CT molecular complexity index is 212. The molecule has 0 fully saturated rings. The van der Waals surface area contributed by atoms with Crippen LogP contribution in [0.3, 0.4) is 0 Å². The van der Waals surface area contributed by atoms with Crippen LogP contribution in [0.25, 0.3) is 0 Å². The monoisotopic (exact) mass is 229 g/mol. The van der Waals surface area contributed by atoms with Gasteiger partial charge in [-0.15, -0.1) is 0 Å². The summed E-state index contributed by atoms with van der Waals surface area (Å²) in [7, 11) is 1.45. The average molecular weight is 229 g/mol. The number of rotatable bonds is 7. The van der Waals surface area contributed by atoms with Crippen molar-refractivity contribution >= 4 is 5.97 Å². The number of carbonyl (C=O) groups excluding carboxylic acids is 1. The van der Waals surface area contributed by atoms with E-state index >= 15 is 0 Å². The maximum Gasteiger partial charge on any atom is 0.310 e. The lowest BCUT2D eigenvalue weighted by Gasteiger charge is -2.25. The Labute approximate surface area is 99.9 Å². The molecule has 0 aromatic carbocycles. The largest absolute Gasteiger partial charge is 0.469 e. The number of carbonyl (C=O) groups is 1. The van der Waals surface area contributed by atoms with Crippen LogP contribution in [0.1, 0.15) is 41.0 Å². The van der Waals surface area contributed by atoms with Crippen molar-refractivity contribution in [2.45, 2.75) is 41.0 Å². The predicted octanol–water partition coefficient (Wildman–Crippen LogP) is 2.46. The summed E-state index contributed by atoms with van der Waals surface area (Å²) in [6.07, 6.45) is 1.13. The smallest absolute Gasteiger partial charge is 0.310 e. The number of hydrogen-bond donors (Lipinski definition) is 1. The van der Waals surface area contributed by atoms with E-state index in [1.807, 2.05) is 13.8 Å². The summed E-state index contributed by atoms with van der Waals surface area (Å²) in [5, 5.41) is 3.37. The van der Waals surface area contributed by atoms with Crippen molar-refractivity contribution in [2.75, 3.05) is 20.2 Å². The van der Waals surface area contributed by atoms with E-state index in [1.165, 1.54) is 7.11 Å². The van der Waals surface area contributed by atoms with Crippen molar-refractivity contribution in [2.24, 2.45) is 17.3 Å². The van der Waals surface area contributed by atoms with Crippen molar-refractivity contribution in [1.82, 2.24) is 5.32 Å². The molecule has 0 saturated carbocycles. The maximum atomic E-state index is 11.5. The third kappa shape index (κ3) is 5.50. The summed E-state index contributed by atoms with van der Waals surface area (Å²) in [5.74, 6) is 0.152. The van der Waals surface area contributed by atoms with Gasteiger partial charge < -0.3 is 10.1 Å². The first-order chi connectivity index (χ1) is 7.34. The molecule has 16 heavy (non-hydrogen) atoms. The summed E-state index contributed by atoms with van der Waals surface area (Å²) in [4.78, 5) is 11.5. The minimum atomic E-state index is -0.114. The highest BCUT2D eigenvalue weighted by Gasteiger charge is 2.23. The van der Waals surface area contributed by atoms with Gasteiger partial charge in [0.1, 0.15) is 0 Å². The van der Waals surface area contributed by atoms with Crippen molar-refractivity contribution in [3.63, 3.8) is 0 Å². The van der Waals surface area contributed by atoms with E-state index in [2.05, 4.69) is 26.1 Å². The van der Waals surface area contributed by atoms with Gasteiger partial charge in [0, 0.05) is 13.1 Å². The summed E-state index contributed by atoms with van der Waals surface area (Å²) >= 11 is 0. The van der Waals surface area contributed by atoms with Gasteiger partial charge in [0.2, 0.25) is 0 Å². The van der Waals surface area contributed by atoms with E-state index < -0.39 is 0 Å². The third-order valence-corrected chi connectivity index (χ3v) is 3.23. The van der Waals surface area contributed by atoms with Crippen LogP contribution in [0.5, 0.6) is 0 Å². The highest BCUT2D eigenvalue weighted by Crippen LogP contribution is 2.18. The van der Waals surface area contributed by atoms with Gasteiger partial charge >= 0.3 is 5.97 Å². The number of methoxy groups -OCH3 is 1. The molecule has 0 spiro atoms. The lowest BCUT2D eigenvalue weighted by Crippen LogP contribution is -2.37. The quantitative estimate of drug-likeness (QED) is 0.682. The second-order valence-corrected chi connectivity index (χ2v) is 5.52. The van der Waals surface area contributed by atoms with E-state index in [-0.39, 0.29) is 17.3 Å². The third-order valence-electron chi connectivity index (χ3n) is 3.23. The molecule has 0 aliphatic heterocycles. The molecule has 0 aromatic heterocycles. The second-order valence-electron chi connectivity index (χ2n) is 5.52. The summed E-state index contributed by atoms with van der Waals surface area (Å²) in [6, 6.07) is 0. The molecule has 3 nitrogen and oxygen atoms in total. The van der Waals surface area contributed by atoms with E-state index in [0.29, 0.717) is 12.5 Å². The number of ether oxygens (including phenoxy) is 1. The van der Waals surface area contributed by atoms with E-state index in [9.17, 15) is 4.79 Å². The fraction of sp³-hybridized carbons (Fsp3) is 0.923. The normalized spacial score (nSPS) is 13.9. The fourth-order valence-corrected chi connectivity index (χ4v) is 1.43. The first-order valence-corrected chi connectivity index (χ1v) is 6.12. The van der Waals surface area contributed by atoms with Crippen LogP contribution in [-0.4, -0.2) is 26.2 Å². The number of hydrogen-bond acceptors (Lipinski definition) is 3. The highest BCUT2D eigenvalue weighted by molar-refractivity contribution is 5.72. The van der Waals surface area contributed by atoms with Gasteiger partial charge in [0.15, 0.2) is 0 Å². The van der Waals surface area contributed by atoms with Gasteiger partial charge in [-0.25, -0.2) is 0 Å². The summed E-state index contributed by atoms with van der Waals surface area (Å²) < 4.78 is 4.80. The first-order valence-electron chi connectivity index (χ1n) is 6.12. The van der Waals surface area contributed by atoms with Crippen LogP contribution >= 0.6 is 0 Å². The van der Waals surface area contributed by atoms with Gasteiger partial charge in [-0.1, -0.05) is 34.6 Å². The molecule has 96 valence electrons. The van der Waals surface area contributed by atoms with Gasteiger partial charge in [-0.3, -0.25) is 4.79 Å². The van der Waals surface area contributed by atoms with Crippen molar-refractivity contribution in [3.05, 3.63) is 0 Å². The maximum absolute atomic E-state index is 11.5. The fourth-order valence-electron chi connectivity index (χ4n) is 1.43. The number of esters is 1. The molecule has 0 amide bonds. The molecule has 0 aliphatic rings. The van der Waals surface area contributed by atoms with Crippen LogP contribution < -0.4 is 5.32 Å². The van der Waals surface area contributed by atoms with Gasteiger partial charge in [-0.2, -0.15) is 0 Å². The van der Waals surface area contributed by atoms with Crippen molar-refractivity contribution in [3.8, 4) is 0 Å². The molecule has 0 radical (unpaired) electrons. The van der Waals surface area contributed by atoms with Gasteiger partial charge in [0.05, 0.1) is 13.0 Å². The molecule has 0 rings (SSSR count). The lowest BCUT2D eigenvalue weighted by molar-refractivity contribution is -0.146.